The molecule has 0 heterocycles. The SMILES string of the molecule is C=C(CCCOCCN=C=O)C(=O)O. The zero-order chi connectivity index (χ0) is 10.8. The molecule has 0 aliphatic rings. The van der Waals surface area contributed by atoms with Gasteiger partial charge < -0.3 is 9.84 Å². The number of isocyanates is 1. The van der Waals surface area contributed by atoms with Gasteiger partial charge in [0.05, 0.1) is 13.2 Å². The largest absolute Gasteiger partial charge is 0.478 e. The lowest BCUT2D eigenvalue weighted by molar-refractivity contribution is -0.132. The van der Waals surface area contributed by atoms with Crippen LogP contribution in [0, 0.1) is 0 Å². The molecule has 0 aromatic heterocycles. The molecule has 78 valence electrons. The number of carboxylic acid groups (broad SMARTS) is 1. The van der Waals surface area contributed by atoms with E-state index in [2.05, 4.69) is 11.6 Å². The summed E-state index contributed by atoms with van der Waals surface area (Å²) >= 11 is 0. The molecule has 0 spiro atoms. The highest BCUT2D eigenvalue weighted by Gasteiger charge is 2.02. The molecule has 0 atom stereocenters. The Labute approximate surface area is 82.1 Å². The van der Waals surface area contributed by atoms with Crippen LogP contribution in [0.15, 0.2) is 17.1 Å². The van der Waals surface area contributed by atoms with E-state index in [4.69, 9.17) is 9.84 Å². The summed E-state index contributed by atoms with van der Waals surface area (Å²) in [6.45, 7) is 4.47. The second-order valence-electron chi connectivity index (χ2n) is 2.60. The molecular weight excluding hydrogens is 186 g/mol. The number of aliphatic carboxylic acids is 1. The van der Waals surface area contributed by atoms with Gasteiger partial charge >= 0.3 is 5.97 Å². The van der Waals surface area contributed by atoms with Crippen LogP contribution in [-0.2, 0) is 14.3 Å². The highest BCUT2D eigenvalue weighted by molar-refractivity contribution is 5.85. The third-order valence-electron chi connectivity index (χ3n) is 1.48. The molecule has 14 heavy (non-hydrogen) atoms. The molecule has 0 aliphatic carbocycles. The molecule has 5 nitrogen and oxygen atoms in total. The van der Waals surface area contributed by atoms with Gasteiger partial charge in [-0.2, -0.15) is 0 Å². The molecule has 0 rings (SSSR count). The predicted octanol–water partition coefficient (Wildman–Crippen LogP) is 0.760. The molecule has 1 N–H and O–H groups in total. The Morgan fingerprint density at radius 1 is 1.50 bits per heavy atom. The van der Waals surface area contributed by atoms with Crippen LogP contribution in [0.3, 0.4) is 0 Å². The van der Waals surface area contributed by atoms with Crippen molar-refractivity contribution in [3.63, 3.8) is 0 Å². The average Bonchev–Trinajstić information content (AvgIpc) is 2.16. The maximum Gasteiger partial charge on any atom is 0.330 e. The minimum Gasteiger partial charge on any atom is -0.478 e. The number of carbonyl (C=O) groups is 1. The van der Waals surface area contributed by atoms with Crippen molar-refractivity contribution in [2.75, 3.05) is 19.8 Å². The summed E-state index contributed by atoms with van der Waals surface area (Å²) < 4.78 is 5.06. The van der Waals surface area contributed by atoms with E-state index >= 15 is 0 Å². The summed E-state index contributed by atoms with van der Waals surface area (Å²) in [7, 11) is 0. The Hall–Kier alpha value is -1.45. The normalized spacial score (nSPS) is 9.14. The first-order valence-corrected chi connectivity index (χ1v) is 4.21. The van der Waals surface area contributed by atoms with E-state index in [1.54, 1.807) is 0 Å². The molecule has 0 fully saturated rings. The minimum atomic E-state index is -0.976. The number of aliphatic imine (C=N–C) groups is 1. The molecule has 0 radical (unpaired) electrons. The van der Waals surface area contributed by atoms with Crippen LogP contribution in [-0.4, -0.2) is 36.9 Å². The summed E-state index contributed by atoms with van der Waals surface area (Å²) in [4.78, 5) is 23.2. The zero-order valence-electron chi connectivity index (χ0n) is 7.86. The Bertz CT molecular complexity index is 243. The van der Waals surface area contributed by atoms with E-state index in [1.165, 1.54) is 6.08 Å². The monoisotopic (exact) mass is 199 g/mol. The minimum absolute atomic E-state index is 0.180. The van der Waals surface area contributed by atoms with Gasteiger partial charge in [0.1, 0.15) is 0 Å². The first-order chi connectivity index (χ1) is 6.68. The quantitative estimate of drug-likeness (QED) is 0.271. The molecule has 0 aliphatic heterocycles. The summed E-state index contributed by atoms with van der Waals surface area (Å²) in [6.07, 6.45) is 2.41. The zero-order valence-corrected chi connectivity index (χ0v) is 7.86. The lowest BCUT2D eigenvalue weighted by Gasteiger charge is -2.01. The third-order valence-corrected chi connectivity index (χ3v) is 1.48. The van der Waals surface area contributed by atoms with Crippen molar-refractivity contribution in [2.24, 2.45) is 4.99 Å². The Morgan fingerprint density at radius 3 is 2.79 bits per heavy atom. The van der Waals surface area contributed by atoms with Gasteiger partial charge in [0.25, 0.3) is 0 Å². The second-order valence-corrected chi connectivity index (χ2v) is 2.60. The van der Waals surface area contributed by atoms with Gasteiger partial charge in [-0.15, -0.1) is 0 Å². The number of hydrogen-bond donors (Lipinski definition) is 1. The van der Waals surface area contributed by atoms with Crippen molar-refractivity contribution in [3.8, 4) is 0 Å². The number of carboxylic acids is 1. The van der Waals surface area contributed by atoms with Crippen LogP contribution >= 0.6 is 0 Å². The van der Waals surface area contributed by atoms with Crippen molar-refractivity contribution in [2.45, 2.75) is 12.8 Å². The molecule has 0 bridgehead atoms. The summed E-state index contributed by atoms with van der Waals surface area (Å²) in [5.74, 6) is -0.976. The van der Waals surface area contributed by atoms with Crippen molar-refractivity contribution in [1.82, 2.24) is 0 Å². The lowest BCUT2D eigenvalue weighted by atomic mass is 10.2. The van der Waals surface area contributed by atoms with E-state index in [-0.39, 0.29) is 5.57 Å². The van der Waals surface area contributed by atoms with Crippen molar-refractivity contribution in [1.29, 1.82) is 0 Å². The average molecular weight is 199 g/mol. The van der Waals surface area contributed by atoms with Gasteiger partial charge in [0.15, 0.2) is 0 Å². The Morgan fingerprint density at radius 2 is 2.21 bits per heavy atom. The Balaban J connectivity index is 3.25. The molecule has 0 amide bonds. The van der Waals surface area contributed by atoms with Crippen LogP contribution in [0.5, 0.6) is 0 Å². The van der Waals surface area contributed by atoms with Crippen molar-refractivity contribution >= 4 is 12.0 Å². The van der Waals surface area contributed by atoms with Gasteiger partial charge in [0, 0.05) is 12.2 Å². The molecule has 0 aromatic carbocycles. The van der Waals surface area contributed by atoms with Gasteiger partial charge in [0.2, 0.25) is 6.08 Å². The van der Waals surface area contributed by atoms with Crippen LogP contribution in [0.25, 0.3) is 0 Å². The van der Waals surface area contributed by atoms with E-state index in [1.807, 2.05) is 0 Å². The van der Waals surface area contributed by atoms with Crippen LogP contribution in [0.1, 0.15) is 12.8 Å². The summed E-state index contributed by atoms with van der Waals surface area (Å²) in [5, 5.41) is 8.46. The summed E-state index contributed by atoms with van der Waals surface area (Å²) in [5.41, 5.74) is 0.180. The number of hydrogen-bond acceptors (Lipinski definition) is 4. The van der Waals surface area contributed by atoms with Crippen molar-refractivity contribution in [3.05, 3.63) is 12.2 Å². The third kappa shape index (κ3) is 7.21. The molecule has 0 unspecified atom stereocenters. The van der Waals surface area contributed by atoms with E-state index in [0.29, 0.717) is 32.6 Å². The second kappa shape index (κ2) is 8.16. The van der Waals surface area contributed by atoms with Crippen LogP contribution in [0.4, 0.5) is 0 Å². The van der Waals surface area contributed by atoms with E-state index < -0.39 is 5.97 Å². The molecular formula is C9H13NO4. The predicted molar refractivity (Wildman–Crippen MR) is 49.8 cm³/mol. The standard InChI is InChI=1S/C9H13NO4/c1-8(9(12)13)3-2-5-14-6-4-10-7-11/h1-6H2,(H,12,13). The van der Waals surface area contributed by atoms with Gasteiger partial charge in [-0.3, -0.25) is 0 Å². The molecule has 0 saturated carbocycles. The molecule has 0 saturated heterocycles. The van der Waals surface area contributed by atoms with E-state index in [9.17, 15) is 9.59 Å². The number of rotatable bonds is 8. The fourth-order valence-electron chi connectivity index (χ4n) is 0.752. The van der Waals surface area contributed by atoms with Gasteiger partial charge in [-0.05, 0) is 12.8 Å². The fraction of sp³-hybridized carbons (Fsp3) is 0.556. The topological polar surface area (TPSA) is 76.0 Å². The summed E-state index contributed by atoms with van der Waals surface area (Å²) in [6, 6.07) is 0. The highest BCUT2D eigenvalue weighted by Crippen LogP contribution is 2.01. The highest BCUT2D eigenvalue weighted by atomic mass is 16.5. The van der Waals surface area contributed by atoms with Crippen LogP contribution in [0.2, 0.25) is 0 Å². The lowest BCUT2D eigenvalue weighted by Crippen LogP contribution is -2.03. The van der Waals surface area contributed by atoms with Crippen molar-refractivity contribution < 1.29 is 19.4 Å². The Kier molecular flexibility index (Phi) is 7.32. The maximum atomic E-state index is 10.3. The molecule has 0 aromatic rings. The first kappa shape index (κ1) is 12.6. The first-order valence-electron chi connectivity index (χ1n) is 4.21. The number of carbonyl (C=O) groups excluding carboxylic acids is 1. The van der Waals surface area contributed by atoms with Crippen LogP contribution < -0.4 is 0 Å². The maximum absolute atomic E-state index is 10.3. The number of nitrogens with zero attached hydrogens (tertiary/aromatic N) is 1. The molecule has 5 heteroatoms. The van der Waals surface area contributed by atoms with E-state index in [0.717, 1.165) is 0 Å². The number of ether oxygens (including phenoxy) is 1. The van der Waals surface area contributed by atoms with Gasteiger partial charge in [-0.25, -0.2) is 14.6 Å². The van der Waals surface area contributed by atoms with Gasteiger partial charge in [-0.1, -0.05) is 6.58 Å². The fourth-order valence-corrected chi connectivity index (χ4v) is 0.752. The smallest absolute Gasteiger partial charge is 0.330 e.